The summed E-state index contributed by atoms with van der Waals surface area (Å²) in [6.07, 6.45) is -0.713. The molecule has 0 bridgehead atoms. The summed E-state index contributed by atoms with van der Waals surface area (Å²) >= 11 is 1.35. The highest BCUT2D eigenvalue weighted by atomic mass is 32.2. The highest BCUT2D eigenvalue weighted by Crippen LogP contribution is 2.40. The molecular weight excluding hydrogens is 379 g/mol. The molecule has 1 aromatic heterocycles. The number of nitrogens with zero attached hydrogens (tertiary/aromatic N) is 4. The zero-order chi connectivity index (χ0) is 19.8. The fraction of sp³-hybridized carbons (Fsp3) is 0.200. The fourth-order valence-corrected chi connectivity index (χ4v) is 3.95. The van der Waals surface area contributed by atoms with Crippen molar-refractivity contribution in [3.63, 3.8) is 0 Å². The van der Waals surface area contributed by atoms with Crippen LogP contribution in [0.1, 0.15) is 25.6 Å². The van der Waals surface area contributed by atoms with Crippen LogP contribution in [0.5, 0.6) is 5.88 Å². The molecule has 0 fully saturated rings. The molecule has 0 N–H and O–H groups in total. The number of benzene rings is 2. The van der Waals surface area contributed by atoms with E-state index in [1.54, 1.807) is 41.3 Å². The van der Waals surface area contributed by atoms with Crippen molar-refractivity contribution in [3.8, 4) is 17.1 Å². The first kappa shape index (κ1) is 18.4. The number of fused-ring (bicyclic) bond motifs is 3. The van der Waals surface area contributed by atoms with Gasteiger partial charge in [-0.3, -0.25) is 4.79 Å². The van der Waals surface area contributed by atoms with Gasteiger partial charge in [-0.1, -0.05) is 35.5 Å². The number of carbonyl (C=O) groups excluding carboxylic acids is 1. The number of thioether (sulfide) groups is 1. The summed E-state index contributed by atoms with van der Waals surface area (Å²) in [5.74, 6) is -0.300. The molecule has 0 saturated carbocycles. The molecule has 4 rings (SSSR count). The van der Waals surface area contributed by atoms with Gasteiger partial charge < -0.3 is 5.11 Å². The van der Waals surface area contributed by atoms with Crippen molar-refractivity contribution in [3.05, 3.63) is 59.9 Å². The quantitative estimate of drug-likeness (QED) is 0.503. The van der Waals surface area contributed by atoms with E-state index in [0.717, 1.165) is 0 Å². The Hall–Kier alpha value is -3.00. The van der Waals surface area contributed by atoms with Crippen LogP contribution in [-0.4, -0.2) is 21.7 Å². The van der Waals surface area contributed by atoms with Crippen LogP contribution >= 0.6 is 11.8 Å². The third-order valence-corrected chi connectivity index (χ3v) is 5.22. The Morgan fingerprint density at radius 2 is 1.96 bits per heavy atom. The summed E-state index contributed by atoms with van der Waals surface area (Å²) < 4.78 is 15.0. The average Bonchev–Trinajstić information content (AvgIpc) is 2.67. The Bertz CT molecular complexity index is 1060. The van der Waals surface area contributed by atoms with E-state index in [1.165, 1.54) is 35.5 Å². The number of carbonyl (C=O) groups is 1. The lowest BCUT2D eigenvalue weighted by Gasteiger charge is -2.32. The molecular formula is C20H17FN4O2S. The highest BCUT2D eigenvalue weighted by Gasteiger charge is 2.43. The molecule has 0 radical (unpaired) electrons. The zero-order valence-corrected chi connectivity index (χ0v) is 16.1. The SMILES string of the molecule is CCSc1nc([O-])c2[n+](n1)C(c1ccc(F)cc1)N(C(C)=O)c1ccccc1-2. The van der Waals surface area contributed by atoms with Crippen molar-refractivity contribution in [1.82, 2.24) is 10.1 Å². The van der Waals surface area contributed by atoms with E-state index in [4.69, 9.17) is 0 Å². The number of rotatable bonds is 3. The average molecular weight is 396 g/mol. The van der Waals surface area contributed by atoms with E-state index in [2.05, 4.69) is 10.1 Å². The smallest absolute Gasteiger partial charge is 0.293 e. The zero-order valence-electron chi connectivity index (χ0n) is 15.3. The van der Waals surface area contributed by atoms with Gasteiger partial charge in [-0.25, -0.2) is 14.3 Å². The van der Waals surface area contributed by atoms with Crippen LogP contribution in [0.3, 0.4) is 0 Å². The number of para-hydroxylation sites is 1. The second kappa shape index (κ2) is 7.20. The molecule has 0 aliphatic carbocycles. The normalized spacial score (nSPS) is 15.1. The van der Waals surface area contributed by atoms with Crippen molar-refractivity contribution < 1.29 is 19.0 Å². The molecule has 2 aromatic carbocycles. The molecule has 0 spiro atoms. The molecule has 8 heteroatoms. The summed E-state index contributed by atoms with van der Waals surface area (Å²) in [4.78, 5) is 18.3. The lowest BCUT2D eigenvalue weighted by molar-refractivity contribution is -0.764. The predicted molar refractivity (Wildman–Crippen MR) is 101 cm³/mol. The van der Waals surface area contributed by atoms with E-state index in [9.17, 15) is 14.3 Å². The first-order valence-corrected chi connectivity index (χ1v) is 9.78. The van der Waals surface area contributed by atoms with Crippen LogP contribution in [0, 0.1) is 5.82 Å². The van der Waals surface area contributed by atoms with E-state index >= 15 is 0 Å². The number of hydrogen-bond acceptors (Lipinski definition) is 5. The van der Waals surface area contributed by atoms with Crippen molar-refractivity contribution in [2.75, 3.05) is 10.7 Å². The Morgan fingerprint density at radius 3 is 2.64 bits per heavy atom. The Balaban J connectivity index is 2.04. The van der Waals surface area contributed by atoms with Gasteiger partial charge in [0.25, 0.3) is 17.0 Å². The Morgan fingerprint density at radius 1 is 1.25 bits per heavy atom. The van der Waals surface area contributed by atoms with E-state index in [-0.39, 0.29) is 11.7 Å². The van der Waals surface area contributed by atoms with Crippen LogP contribution in [0.25, 0.3) is 11.3 Å². The van der Waals surface area contributed by atoms with Gasteiger partial charge in [0, 0.05) is 17.6 Å². The van der Waals surface area contributed by atoms with Crippen LogP contribution in [0.4, 0.5) is 10.1 Å². The molecule has 1 atom stereocenters. The first-order chi connectivity index (χ1) is 13.5. The van der Waals surface area contributed by atoms with Gasteiger partial charge in [0.2, 0.25) is 5.91 Å². The Labute approximate surface area is 165 Å². The second-order valence-corrected chi connectivity index (χ2v) is 7.49. The largest absolute Gasteiger partial charge is 0.854 e. The summed E-state index contributed by atoms with van der Waals surface area (Å²) in [5, 5.41) is 17.8. The lowest BCUT2D eigenvalue weighted by Crippen LogP contribution is -2.58. The highest BCUT2D eigenvalue weighted by molar-refractivity contribution is 7.99. The number of anilines is 1. The van der Waals surface area contributed by atoms with E-state index in [1.807, 2.05) is 6.92 Å². The van der Waals surface area contributed by atoms with Crippen LogP contribution in [0.15, 0.2) is 53.7 Å². The van der Waals surface area contributed by atoms with Gasteiger partial charge in [0.05, 0.1) is 17.1 Å². The van der Waals surface area contributed by atoms with Gasteiger partial charge in [-0.15, -0.1) is 0 Å². The lowest BCUT2D eigenvalue weighted by atomic mass is 10.0. The standard InChI is InChI=1S/C20H17FN4O2S/c1-3-28-20-22-18(27)17-15-6-4-5-7-16(15)24(12(2)26)19(25(17)23-20)13-8-10-14(21)11-9-13/h4-11,19H,3H2,1-2H3. The molecule has 1 aliphatic heterocycles. The van der Waals surface area contributed by atoms with E-state index < -0.39 is 12.0 Å². The molecule has 2 heterocycles. The summed E-state index contributed by atoms with van der Waals surface area (Å²) in [6, 6.07) is 13.0. The molecule has 142 valence electrons. The summed E-state index contributed by atoms with van der Waals surface area (Å²) in [7, 11) is 0. The molecule has 1 amide bonds. The fourth-order valence-electron chi connectivity index (χ4n) is 3.40. The first-order valence-electron chi connectivity index (χ1n) is 8.79. The van der Waals surface area contributed by atoms with Crippen LogP contribution in [0.2, 0.25) is 0 Å². The van der Waals surface area contributed by atoms with Crippen molar-refractivity contribution >= 4 is 23.4 Å². The molecule has 1 aliphatic rings. The molecule has 28 heavy (non-hydrogen) atoms. The molecule has 3 aromatic rings. The maximum absolute atomic E-state index is 13.5. The minimum absolute atomic E-state index is 0.212. The van der Waals surface area contributed by atoms with Gasteiger partial charge in [-0.2, -0.15) is 0 Å². The van der Waals surface area contributed by atoms with E-state index in [0.29, 0.717) is 33.4 Å². The van der Waals surface area contributed by atoms with Crippen LogP contribution < -0.4 is 14.7 Å². The number of hydrogen-bond donors (Lipinski definition) is 0. The van der Waals surface area contributed by atoms with Gasteiger partial charge in [0.15, 0.2) is 0 Å². The minimum Gasteiger partial charge on any atom is -0.854 e. The number of aromatic nitrogens is 3. The number of halogens is 1. The summed E-state index contributed by atoms with van der Waals surface area (Å²) in [6.45, 7) is 3.40. The van der Waals surface area contributed by atoms with Crippen molar-refractivity contribution in [2.24, 2.45) is 0 Å². The minimum atomic E-state index is -0.713. The predicted octanol–water partition coefficient (Wildman–Crippen LogP) is 2.67. The summed E-state index contributed by atoms with van der Waals surface area (Å²) in [5.41, 5.74) is 2.14. The molecule has 0 saturated heterocycles. The van der Waals surface area contributed by atoms with Gasteiger partial charge in [-0.05, 0) is 42.2 Å². The van der Waals surface area contributed by atoms with Gasteiger partial charge >= 0.3 is 0 Å². The second-order valence-electron chi connectivity index (χ2n) is 6.26. The third kappa shape index (κ3) is 2.99. The molecule has 6 nitrogen and oxygen atoms in total. The monoisotopic (exact) mass is 396 g/mol. The maximum Gasteiger partial charge on any atom is 0.293 e. The maximum atomic E-state index is 13.5. The Kier molecular flexibility index (Phi) is 4.72. The third-order valence-electron chi connectivity index (χ3n) is 4.50. The number of amides is 1. The van der Waals surface area contributed by atoms with Crippen LogP contribution in [-0.2, 0) is 4.79 Å². The molecule has 1 unspecified atom stereocenters. The van der Waals surface area contributed by atoms with Crippen molar-refractivity contribution in [2.45, 2.75) is 25.2 Å². The topological polar surface area (TPSA) is 73.0 Å². The van der Waals surface area contributed by atoms with Gasteiger partial charge in [0.1, 0.15) is 5.82 Å². The van der Waals surface area contributed by atoms with Crippen molar-refractivity contribution in [1.29, 1.82) is 0 Å².